The monoisotopic (exact) mass is 490 g/mol. The van der Waals surface area contributed by atoms with E-state index in [0.29, 0.717) is 26.9 Å². The Labute approximate surface area is 199 Å². The molecule has 0 fully saturated rings. The zero-order chi connectivity index (χ0) is 23.5. The van der Waals surface area contributed by atoms with Crippen LogP contribution in [0.25, 0.3) is 0 Å². The predicted molar refractivity (Wildman–Crippen MR) is 130 cm³/mol. The highest BCUT2D eigenvalue weighted by Crippen LogP contribution is 2.27. The largest absolute Gasteiger partial charge is 0.325 e. The third-order valence-electron chi connectivity index (χ3n) is 4.93. The van der Waals surface area contributed by atoms with Crippen molar-refractivity contribution in [1.82, 2.24) is 4.31 Å². The van der Waals surface area contributed by atoms with Crippen LogP contribution in [0.4, 0.5) is 5.69 Å². The molecule has 8 heteroatoms. The fourth-order valence-corrected chi connectivity index (χ4v) is 5.74. The van der Waals surface area contributed by atoms with E-state index in [9.17, 15) is 13.2 Å². The Morgan fingerprint density at radius 3 is 2.12 bits per heavy atom. The van der Waals surface area contributed by atoms with E-state index in [4.69, 9.17) is 23.2 Å². The number of anilines is 1. The lowest BCUT2D eigenvalue weighted by Gasteiger charge is -2.24. The molecule has 0 aliphatic rings. The molecule has 0 radical (unpaired) electrons. The Morgan fingerprint density at radius 2 is 1.53 bits per heavy atom. The molecule has 0 heterocycles. The minimum Gasteiger partial charge on any atom is -0.325 e. The Balaban J connectivity index is 1.94. The van der Waals surface area contributed by atoms with Gasteiger partial charge in [0.05, 0.1) is 21.5 Å². The van der Waals surface area contributed by atoms with Crippen molar-refractivity contribution in [2.45, 2.75) is 32.2 Å². The minimum atomic E-state index is -3.95. The average Bonchev–Trinajstić information content (AvgIpc) is 2.70. The molecular formula is C24H24Cl2N2O3S. The number of carbonyl (C=O) groups is 1. The summed E-state index contributed by atoms with van der Waals surface area (Å²) in [6.07, 6.45) is 0. The van der Waals surface area contributed by atoms with Crippen molar-refractivity contribution in [3.63, 3.8) is 0 Å². The van der Waals surface area contributed by atoms with Gasteiger partial charge < -0.3 is 5.32 Å². The van der Waals surface area contributed by atoms with Crippen LogP contribution in [0.15, 0.2) is 65.6 Å². The zero-order valence-electron chi connectivity index (χ0n) is 18.0. The number of nitrogens with one attached hydrogen (secondary N) is 1. The number of aryl methyl sites for hydroxylation is 3. The van der Waals surface area contributed by atoms with Gasteiger partial charge in [-0.2, -0.15) is 4.31 Å². The van der Waals surface area contributed by atoms with Crippen molar-refractivity contribution in [2.75, 3.05) is 11.9 Å². The third-order valence-corrected chi connectivity index (χ3v) is 7.76. The van der Waals surface area contributed by atoms with E-state index in [0.717, 1.165) is 11.1 Å². The van der Waals surface area contributed by atoms with Crippen LogP contribution in [0.1, 0.15) is 22.3 Å². The van der Waals surface area contributed by atoms with E-state index in [1.165, 1.54) is 10.4 Å². The zero-order valence-corrected chi connectivity index (χ0v) is 20.4. The van der Waals surface area contributed by atoms with Crippen molar-refractivity contribution in [3.8, 4) is 0 Å². The minimum absolute atomic E-state index is 0.0602. The first kappa shape index (κ1) is 24.3. The summed E-state index contributed by atoms with van der Waals surface area (Å²) in [6.45, 7) is 5.16. The fourth-order valence-electron chi connectivity index (χ4n) is 3.65. The summed E-state index contributed by atoms with van der Waals surface area (Å²) in [6, 6.07) is 17.5. The van der Waals surface area contributed by atoms with Crippen LogP contribution in [0.2, 0.25) is 10.0 Å². The highest BCUT2D eigenvalue weighted by atomic mass is 35.5. The van der Waals surface area contributed by atoms with E-state index < -0.39 is 15.9 Å². The van der Waals surface area contributed by atoms with Gasteiger partial charge >= 0.3 is 0 Å². The van der Waals surface area contributed by atoms with Crippen LogP contribution >= 0.6 is 23.2 Å². The van der Waals surface area contributed by atoms with E-state index in [2.05, 4.69) is 5.32 Å². The van der Waals surface area contributed by atoms with Crippen LogP contribution in [-0.4, -0.2) is 25.2 Å². The summed E-state index contributed by atoms with van der Waals surface area (Å²) < 4.78 is 28.6. The lowest BCUT2D eigenvalue weighted by molar-refractivity contribution is -0.116. The van der Waals surface area contributed by atoms with E-state index in [-0.39, 0.29) is 18.0 Å². The number of nitrogens with zero attached hydrogens (tertiary/aromatic N) is 1. The molecule has 3 aromatic rings. The second-order valence-electron chi connectivity index (χ2n) is 7.66. The molecule has 3 aromatic carbocycles. The molecule has 0 atom stereocenters. The van der Waals surface area contributed by atoms with Crippen LogP contribution < -0.4 is 5.32 Å². The molecule has 32 heavy (non-hydrogen) atoms. The number of benzene rings is 3. The van der Waals surface area contributed by atoms with E-state index >= 15 is 0 Å². The lowest BCUT2D eigenvalue weighted by atomic mass is 10.1. The predicted octanol–water partition coefficient (Wildman–Crippen LogP) is 5.75. The number of carbonyl (C=O) groups excluding carboxylic acids is 1. The van der Waals surface area contributed by atoms with Gasteiger partial charge in [0.25, 0.3) is 0 Å². The van der Waals surface area contributed by atoms with Gasteiger partial charge in [0.15, 0.2) is 0 Å². The summed E-state index contributed by atoms with van der Waals surface area (Å²) in [5, 5.41) is 3.36. The molecule has 0 aliphatic heterocycles. The number of halogens is 2. The van der Waals surface area contributed by atoms with Crippen molar-refractivity contribution in [2.24, 2.45) is 0 Å². The van der Waals surface area contributed by atoms with Gasteiger partial charge in [-0.15, -0.1) is 0 Å². The molecular weight excluding hydrogens is 467 g/mol. The first-order valence-corrected chi connectivity index (χ1v) is 12.1. The molecule has 5 nitrogen and oxygen atoms in total. The maximum atomic E-state index is 13.7. The quantitative estimate of drug-likeness (QED) is 0.458. The first-order chi connectivity index (χ1) is 15.1. The summed E-state index contributed by atoms with van der Waals surface area (Å²) >= 11 is 11.9. The van der Waals surface area contributed by atoms with Crippen LogP contribution in [0, 0.1) is 20.8 Å². The van der Waals surface area contributed by atoms with Crippen LogP contribution in [-0.2, 0) is 21.4 Å². The van der Waals surface area contributed by atoms with Crippen molar-refractivity contribution in [3.05, 3.63) is 93.0 Å². The molecule has 0 bridgehead atoms. The van der Waals surface area contributed by atoms with E-state index in [1.807, 2.05) is 49.4 Å². The Morgan fingerprint density at radius 1 is 0.906 bits per heavy atom. The molecule has 0 saturated carbocycles. The molecule has 1 amide bonds. The molecule has 0 saturated heterocycles. The average molecular weight is 491 g/mol. The van der Waals surface area contributed by atoms with Gasteiger partial charge in [0.1, 0.15) is 0 Å². The smallest absolute Gasteiger partial charge is 0.244 e. The SMILES string of the molecule is Cc1cc(C)c(S(=O)(=O)N(CC(=O)Nc2ccc(Cl)c(Cl)c2)Cc2ccccc2)c(C)c1. The van der Waals surface area contributed by atoms with Gasteiger partial charge in [0, 0.05) is 12.2 Å². The number of rotatable bonds is 7. The maximum absolute atomic E-state index is 13.7. The topological polar surface area (TPSA) is 66.5 Å². The molecule has 1 N–H and O–H groups in total. The molecule has 168 valence electrons. The highest BCUT2D eigenvalue weighted by Gasteiger charge is 2.30. The molecule has 3 rings (SSSR count). The standard InChI is InChI=1S/C24H24Cl2N2O3S/c1-16-11-17(2)24(18(3)12-16)32(30,31)28(14-19-7-5-4-6-8-19)15-23(29)27-20-9-10-21(25)22(26)13-20/h4-13H,14-15H2,1-3H3,(H,27,29). The van der Waals surface area contributed by atoms with Gasteiger partial charge in [-0.05, 0) is 55.7 Å². The van der Waals surface area contributed by atoms with Gasteiger partial charge in [0.2, 0.25) is 15.9 Å². The second kappa shape index (κ2) is 10.0. The van der Waals surface area contributed by atoms with Gasteiger partial charge in [-0.1, -0.05) is 71.2 Å². The summed E-state index contributed by atoms with van der Waals surface area (Å²) in [7, 11) is -3.95. The Hall–Kier alpha value is -2.38. The summed E-state index contributed by atoms with van der Waals surface area (Å²) in [5.41, 5.74) is 3.48. The summed E-state index contributed by atoms with van der Waals surface area (Å²) in [4.78, 5) is 13.0. The Bertz CT molecular complexity index is 1220. The third kappa shape index (κ3) is 5.70. The van der Waals surface area contributed by atoms with Gasteiger partial charge in [-0.25, -0.2) is 8.42 Å². The van der Waals surface area contributed by atoms with Crippen LogP contribution in [0.3, 0.4) is 0 Å². The normalized spacial score (nSPS) is 11.6. The number of hydrogen-bond acceptors (Lipinski definition) is 3. The van der Waals surface area contributed by atoms with Crippen LogP contribution in [0.5, 0.6) is 0 Å². The second-order valence-corrected chi connectivity index (χ2v) is 10.4. The Kier molecular flexibility index (Phi) is 7.62. The lowest BCUT2D eigenvalue weighted by Crippen LogP contribution is -2.38. The van der Waals surface area contributed by atoms with Gasteiger partial charge in [-0.3, -0.25) is 4.79 Å². The van der Waals surface area contributed by atoms with Crippen molar-refractivity contribution in [1.29, 1.82) is 0 Å². The number of amides is 1. The molecule has 0 aliphatic carbocycles. The first-order valence-electron chi connectivity index (χ1n) is 9.95. The highest BCUT2D eigenvalue weighted by molar-refractivity contribution is 7.89. The number of hydrogen-bond donors (Lipinski definition) is 1. The molecule has 0 spiro atoms. The molecule has 0 aromatic heterocycles. The number of sulfonamides is 1. The van der Waals surface area contributed by atoms with Crippen molar-refractivity contribution >= 4 is 44.8 Å². The molecule has 0 unspecified atom stereocenters. The van der Waals surface area contributed by atoms with E-state index in [1.54, 1.807) is 26.0 Å². The maximum Gasteiger partial charge on any atom is 0.244 e. The summed E-state index contributed by atoms with van der Waals surface area (Å²) in [5.74, 6) is -0.481. The fraction of sp³-hybridized carbons (Fsp3) is 0.208. The van der Waals surface area contributed by atoms with Crippen molar-refractivity contribution < 1.29 is 13.2 Å².